The van der Waals surface area contributed by atoms with Crippen molar-refractivity contribution in [2.24, 2.45) is 0 Å². The number of carboxylic acid groups (broad SMARTS) is 1. The Bertz CT molecular complexity index is 353. The van der Waals surface area contributed by atoms with E-state index in [1.807, 2.05) is 6.08 Å². The second-order valence-corrected chi connectivity index (χ2v) is 5.97. The van der Waals surface area contributed by atoms with Gasteiger partial charge in [-0.2, -0.15) is 0 Å². The standard InChI is InChI=1S/C18H33NO4/c1-3-4-5-6-7-8-9-10-11-12-15-19(16(2)20)17(21)13-14-18(22)23/h12,15-16,20H,3-11,13-14H2,1-2H3,(H,22,23). The number of aliphatic carboxylic acids is 1. The normalized spacial score (nSPS) is 12.5. The molecule has 0 radical (unpaired) electrons. The van der Waals surface area contributed by atoms with Crippen LogP contribution in [0.1, 0.15) is 84.5 Å². The molecular formula is C18H33NO4. The number of hydrogen-bond donors (Lipinski definition) is 2. The molecule has 5 heteroatoms. The van der Waals surface area contributed by atoms with Gasteiger partial charge in [0.05, 0.1) is 6.42 Å². The highest BCUT2D eigenvalue weighted by molar-refractivity contribution is 5.81. The van der Waals surface area contributed by atoms with Crippen molar-refractivity contribution in [3.05, 3.63) is 12.3 Å². The first-order valence-electron chi connectivity index (χ1n) is 8.86. The Kier molecular flexibility index (Phi) is 13.4. The molecule has 0 saturated carbocycles. The number of allylic oxidation sites excluding steroid dienone is 1. The highest BCUT2D eigenvalue weighted by atomic mass is 16.4. The maximum atomic E-state index is 11.8. The van der Waals surface area contributed by atoms with Crippen molar-refractivity contribution in [3.8, 4) is 0 Å². The Labute approximate surface area is 140 Å². The van der Waals surface area contributed by atoms with Gasteiger partial charge in [-0.3, -0.25) is 14.5 Å². The van der Waals surface area contributed by atoms with E-state index >= 15 is 0 Å². The summed E-state index contributed by atoms with van der Waals surface area (Å²) in [4.78, 5) is 23.5. The highest BCUT2D eigenvalue weighted by Crippen LogP contribution is 2.10. The number of carbonyl (C=O) groups is 2. The van der Waals surface area contributed by atoms with E-state index in [4.69, 9.17) is 5.11 Å². The average Bonchev–Trinajstić information content (AvgIpc) is 2.50. The fraction of sp³-hybridized carbons (Fsp3) is 0.778. The Morgan fingerprint density at radius 3 is 2.09 bits per heavy atom. The lowest BCUT2D eigenvalue weighted by Crippen LogP contribution is -2.34. The quantitative estimate of drug-likeness (QED) is 0.372. The predicted molar refractivity (Wildman–Crippen MR) is 91.8 cm³/mol. The van der Waals surface area contributed by atoms with Crippen molar-refractivity contribution < 1.29 is 19.8 Å². The zero-order chi connectivity index (χ0) is 17.5. The van der Waals surface area contributed by atoms with Gasteiger partial charge in [0.1, 0.15) is 6.23 Å². The number of aliphatic hydroxyl groups is 1. The van der Waals surface area contributed by atoms with Crippen LogP contribution in [-0.2, 0) is 9.59 Å². The van der Waals surface area contributed by atoms with Crippen molar-refractivity contribution in [1.29, 1.82) is 0 Å². The van der Waals surface area contributed by atoms with E-state index in [9.17, 15) is 14.7 Å². The van der Waals surface area contributed by atoms with Crippen LogP contribution in [0.2, 0.25) is 0 Å². The molecule has 0 aromatic heterocycles. The van der Waals surface area contributed by atoms with E-state index in [1.165, 1.54) is 56.8 Å². The van der Waals surface area contributed by atoms with Crippen LogP contribution < -0.4 is 0 Å². The van der Waals surface area contributed by atoms with Gasteiger partial charge in [-0.25, -0.2) is 0 Å². The average molecular weight is 327 g/mol. The van der Waals surface area contributed by atoms with Crippen LogP contribution in [-0.4, -0.2) is 33.2 Å². The molecule has 0 aliphatic carbocycles. The van der Waals surface area contributed by atoms with Crippen LogP contribution in [0.5, 0.6) is 0 Å². The molecular weight excluding hydrogens is 294 g/mol. The number of rotatable bonds is 14. The van der Waals surface area contributed by atoms with Gasteiger partial charge in [0.15, 0.2) is 0 Å². The predicted octanol–water partition coefficient (Wildman–Crippen LogP) is 4.06. The summed E-state index contributed by atoms with van der Waals surface area (Å²) in [6.45, 7) is 3.72. The third kappa shape index (κ3) is 12.8. The lowest BCUT2D eigenvalue weighted by molar-refractivity contribution is -0.142. The maximum absolute atomic E-state index is 11.8. The summed E-state index contributed by atoms with van der Waals surface area (Å²) in [5.41, 5.74) is 0. The van der Waals surface area contributed by atoms with Gasteiger partial charge in [0.25, 0.3) is 0 Å². The van der Waals surface area contributed by atoms with Crippen LogP contribution >= 0.6 is 0 Å². The van der Waals surface area contributed by atoms with E-state index in [0.29, 0.717) is 0 Å². The molecule has 1 amide bonds. The van der Waals surface area contributed by atoms with Crippen molar-refractivity contribution in [1.82, 2.24) is 4.90 Å². The van der Waals surface area contributed by atoms with Gasteiger partial charge in [-0.15, -0.1) is 0 Å². The number of amides is 1. The minimum absolute atomic E-state index is 0.0949. The molecule has 0 aliphatic heterocycles. The fourth-order valence-corrected chi connectivity index (χ4v) is 2.34. The van der Waals surface area contributed by atoms with Crippen LogP contribution in [0.25, 0.3) is 0 Å². The molecule has 1 unspecified atom stereocenters. The maximum Gasteiger partial charge on any atom is 0.303 e. The zero-order valence-electron chi connectivity index (χ0n) is 14.7. The molecule has 0 aromatic rings. The molecule has 0 bridgehead atoms. The second kappa shape index (κ2) is 14.2. The summed E-state index contributed by atoms with van der Waals surface area (Å²) in [5, 5.41) is 18.2. The van der Waals surface area contributed by atoms with E-state index < -0.39 is 12.2 Å². The summed E-state index contributed by atoms with van der Waals surface area (Å²) in [7, 11) is 0. The molecule has 2 N–H and O–H groups in total. The third-order valence-electron chi connectivity index (χ3n) is 3.73. The van der Waals surface area contributed by atoms with Crippen molar-refractivity contribution in [2.75, 3.05) is 0 Å². The summed E-state index contributed by atoms with van der Waals surface area (Å²) >= 11 is 0. The molecule has 1 atom stereocenters. The molecule has 0 saturated heterocycles. The van der Waals surface area contributed by atoms with E-state index in [1.54, 1.807) is 6.20 Å². The number of hydrogen-bond acceptors (Lipinski definition) is 3. The summed E-state index contributed by atoms with van der Waals surface area (Å²) in [5.74, 6) is -1.37. The Balaban J connectivity index is 3.86. The van der Waals surface area contributed by atoms with Crippen LogP contribution in [0.3, 0.4) is 0 Å². The number of aliphatic hydroxyl groups excluding tert-OH is 1. The van der Waals surface area contributed by atoms with Crippen molar-refractivity contribution >= 4 is 11.9 Å². The van der Waals surface area contributed by atoms with Crippen LogP contribution in [0.4, 0.5) is 0 Å². The van der Waals surface area contributed by atoms with E-state index in [2.05, 4.69) is 6.92 Å². The molecule has 134 valence electrons. The van der Waals surface area contributed by atoms with E-state index in [-0.39, 0.29) is 18.7 Å². The van der Waals surface area contributed by atoms with Crippen LogP contribution in [0.15, 0.2) is 12.3 Å². The molecule has 23 heavy (non-hydrogen) atoms. The summed E-state index contributed by atoms with van der Waals surface area (Å²) in [6, 6.07) is 0. The first kappa shape index (κ1) is 21.6. The lowest BCUT2D eigenvalue weighted by atomic mass is 10.1. The minimum atomic E-state index is -1.01. The van der Waals surface area contributed by atoms with E-state index in [0.717, 1.165) is 12.8 Å². The first-order valence-corrected chi connectivity index (χ1v) is 8.86. The number of carboxylic acids is 1. The fourth-order valence-electron chi connectivity index (χ4n) is 2.34. The third-order valence-corrected chi connectivity index (χ3v) is 3.73. The lowest BCUT2D eigenvalue weighted by Gasteiger charge is -2.21. The number of unbranched alkanes of at least 4 members (excludes halogenated alkanes) is 8. The number of carbonyl (C=O) groups excluding carboxylic acids is 1. The second-order valence-electron chi connectivity index (χ2n) is 5.97. The Morgan fingerprint density at radius 1 is 1.00 bits per heavy atom. The topological polar surface area (TPSA) is 77.8 Å². The number of nitrogens with zero attached hydrogens (tertiary/aromatic N) is 1. The van der Waals surface area contributed by atoms with Gasteiger partial charge in [0.2, 0.25) is 5.91 Å². The van der Waals surface area contributed by atoms with Crippen molar-refractivity contribution in [2.45, 2.75) is 90.7 Å². The van der Waals surface area contributed by atoms with Gasteiger partial charge < -0.3 is 10.2 Å². The molecule has 0 heterocycles. The Morgan fingerprint density at radius 2 is 1.57 bits per heavy atom. The summed E-state index contributed by atoms with van der Waals surface area (Å²) < 4.78 is 0. The largest absolute Gasteiger partial charge is 0.481 e. The molecule has 0 spiro atoms. The van der Waals surface area contributed by atoms with Crippen molar-refractivity contribution in [3.63, 3.8) is 0 Å². The molecule has 0 aromatic carbocycles. The SMILES string of the molecule is CCCCCCCCCCC=CN(C(=O)CCC(=O)O)C(C)O. The zero-order valence-corrected chi connectivity index (χ0v) is 14.7. The van der Waals surface area contributed by atoms with Gasteiger partial charge in [-0.1, -0.05) is 57.9 Å². The molecule has 0 fully saturated rings. The Hall–Kier alpha value is -1.36. The molecule has 0 rings (SSSR count). The van der Waals surface area contributed by atoms with Crippen LogP contribution in [0, 0.1) is 0 Å². The minimum Gasteiger partial charge on any atom is -0.481 e. The summed E-state index contributed by atoms with van der Waals surface area (Å²) in [6.07, 6.45) is 13.1. The first-order chi connectivity index (χ1) is 11.0. The smallest absolute Gasteiger partial charge is 0.303 e. The monoisotopic (exact) mass is 327 g/mol. The van der Waals surface area contributed by atoms with Gasteiger partial charge in [-0.05, 0) is 19.8 Å². The van der Waals surface area contributed by atoms with Gasteiger partial charge in [0, 0.05) is 12.6 Å². The highest BCUT2D eigenvalue weighted by Gasteiger charge is 2.16. The molecule has 5 nitrogen and oxygen atoms in total. The molecule has 0 aliphatic rings. The van der Waals surface area contributed by atoms with Gasteiger partial charge >= 0.3 is 5.97 Å².